The Hall–Kier alpha value is -2.13. The molecule has 3 rings (SSSR count). The Morgan fingerprint density at radius 1 is 0.742 bits per heavy atom. The van der Waals surface area contributed by atoms with E-state index in [0.717, 1.165) is 17.2 Å². The third-order valence-electron chi connectivity index (χ3n) is 5.75. The molecule has 0 aromatic heterocycles. The Bertz CT molecular complexity index is 962. The van der Waals surface area contributed by atoms with Crippen molar-refractivity contribution in [2.24, 2.45) is 5.92 Å². The number of benzene rings is 3. The molecule has 0 aliphatic rings. The van der Waals surface area contributed by atoms with Crippen molar-refractivity contribution in [1.82, 2.24) is 0 Å². The van der Waals surface area contributed by atoms with Crippen molar-refractivity contribution in [1.29, 1.82) is 0 Å². The Morgan fingerprint density at radius 3 is 1.84 bits per heavy atom. The normalized spacial score (nSPS) is 12.2. The van der Waals surface area contributed by atoms with Crippen molar-refractivity contribution >= 4 is 11.8 Å². The summed E-state index contributed by atoms with van der Waals surface area (Å²) in [5.74, 6) is 0.325. The van der Waals surface area contributed by atoms with E-state index < -0.39 is 11.6 Å². The molecule has 0 amide bonds. The first-order chi connectivity index (χ1) is 15.0. The molecule has 164 valence electrons. The molecule has 1 atom stereocenters. The summed E-state index contributed by atoms with van der Waals surface area (Å²) in [5, 5.41) is 0. The zero-order valence-electron chi connectivity index (χ0n) is 18.8. The molecule has 0 aliphatic heterocycles. The molecule has 0 heterocycles. The van der Waals surface area contributed by atoms with Gasteiger partial charge < -0.3 is 0 Å². The quantitative estimate of drug-likeness (QED) is 0.224. The van der Waals surface area contributed by atoms with Crippen LogP contribution in [0, 0.1) is 24.5 Å². The third-order valence-corrected chi connectivity index (χ3v) is 6.85. The first kappa shape index (κ1) is 23.5. The lowest BCUT2D eigenvalue weighted by Crippen LogP contribution is -1.94. The standard InChI is InChI=1S/C28H32F2S/c1-4-7-20(2)8-5-6-19-31-24-15-13-23(14-16-24)26-18-17-25(27(29)28(26)30)22-11-9-21(3)10-12-22/h9-18,20H,4-8,19H2,1-3H3. The minimum absolute atomic E-state index is 0.293. The lowest BCUT2D eigenvalue weighted by molar-refractivity contribution is 0.467. The molecule has 0 fully saturated rings. The fraction of sp³-hybridized carbons (Fsp3) is 0.357. The number of unbranched alkanes of at least 4 members (excludes halogenated alkanes) is 1. The van der Waals surface area contributed by atoms with Gasteiger partial charge in [0.05, 0.1) is 0 Å². The van der Waals surface area contributed by atoms with Crippen molar-refractivity contribution in [3.8, 4) is 22.3 Å². The first-order valence-corrected chi connectivity index (χ1v) is 12.3. The predicted octanol–water partition coefficient (Wildman–Crippen LogP) is 9.31. The van der Waals surface area contributed by atoms with Crippen molar-refractivity contribution in [2.45, 2.75) is 57.8 Å². The highest BCUT2D eigenvalue weighted by atomic mass is 32.2. The molecule has 0 spiro atoms. The Labute approximate surface area is 190 Å². The van der Waals surface area contributed by atoms with Crippen LogP contribution in [0.1, 0.15) is 51.5 Å². The average molecular weight is 439 g/mol. The smallest absolute Gasteiger partial charge is 0.167 e. The van der Waals surface area contributed by atoms with Gasteiger partial charge in [0.25, 0.3) is 0 Å². The van der Waals surface area contributed by atoms with Crippen LogP contribution in [0.4, 0.5) is 8.78 Å². The van der Waals surface area contributed by atoms with Crippen LogP contribution in [0.5, 0.6) is 0 Å². The summed E-state index contributed by atoms with van der Waals surface area (Å²) in [6.07, 6.45) is 6.36. The third kappa shape index (κ3) is 6.43. The lowest BCUT2D eigenvalue weighted by atomic mass is 9.98. The summed E-state index contributed by atoms with van der Waals surface area (Å²) < 4.78 is 29.6. The molecular formula is C28H32F2S. The second kappa shape index (κ2) is 11.5. The Balaban J connectivity index is 1.62. The van der Waals surface area contributed by atoms with Gasteiger partial charge in [-0.05, 0) is 48.3 Å². The highest BCUT2D eigenvalue weighted by Gasteiger charge is 2.16. The monoisotopic (exact) mass is 438 g/mol. The van der Waals surface area contributed by atoms with E-state index in [1.54, 1.807) is 12.1 Å². The van der Waals surface area contributed by atoms with E-state index >= 15 is 0 Å². The maximum Gasteiger partial charge on any atom is 0.167 e. The molecular weight excluding hydrogens is 406 g/mol. The highest BCUT2D eigenvalue weighted by Crippen LogP contribution is 2.32. The minimum atomic E-state index is -0.794. The maximum atomic E-state index is 14.8. The van der Waals surface area contributed by atoms with Gasteiger partial charge in [0.2, 0.25) is 0 Å². The molecule has 0 nitrogen and oxygen atoms in total. The van der Waals surface area contributed by atoms with E-state index in [1.165, 1.54) is 37.0 Å². The van der Waals surface area contributed by atoms with Crippen LogP contribution in [0.15, 0.2) is 65.6 Å². The van der Waals surface area contributed by atoms with Crippen LogP contribution >= 0.6 is 11.8 Å². The van der Waals surface area contributed by atoms with Gasteiger partial charge in [-0.15, -0.1) is 11.8 Å². The Morgan fingerprint density at radius 2 is 1.29 bits per heavy atom. The molecule has 0 aliphatic carbocycles. The van der Waals surface area contributed by atoms with Crippen LogP contribution in [0.2, 0.25) is 0 Å². The molecule has 0 saturated carbocycles. The van der Waals surface area contributed by atoms with Crippen LogP contribution in [0.3, 0.4) is 0 Å². The summed E-state index contributed by atoms with van der Waals surface area (Å²) in [4.78, 5) is 1.17. The second-order valence-corrected chi connectivity index (χ2v) is 9.59. The number of hydrogen-bond donors (Lipinski definition) is 0. The van der Waals surface area contributed by atoms with E-state index in [0.29, 0.717) is 22.3 Å². The lowest BCUT2D eigenvalue weighted by Gasteiger charge is -2.11. The number of thioether (sulfide) groups is 1. The van der Waals surface area contributed by atoms with E-state index in [9.17, 15) is 8.78 Å². The second-order valence-electron chi connectivity index (χ2n) is 8.42. The van der Waals surface area contributed by atoms with Gasteiger partial charge in [-0.2, -0.15) is 0 Å². The van der Waals surface area contributed by atoms with E-state index in [4.69, 9.17) is 0 Å². The molecule has 3 aromatic carbocycles. The molecule has 31 heavy (non-hydrogen) atoms. The minimum Gasteiger partial charge on any atom is -0.203 e. The van der Waals surface area contributed by atoms with Gasteiger partial charge in [0.15, 0.2) is 11.6 Å². The van der Waals surface area contributed by atoms with Crippen LogP contribution in [-0.4, -0.2) is 5.75 Å². The van der Waals surface area contributed by atoms with Gasteiger partial charge in [-0.1, -0.05) is 93.6 Å². The van der Waals surface area contributed by atoms with Crippen molar-refractivity contribution < 1.29 is 8.78 Å². The molecule has 0 radical (unpaired) electrons. The fourth-order valence-electron chi connectivity index (χ4n) is 3.88. The van der Waals surface area contributed by atoms with Crippen molar-refractivity contribution in [2.75, 3.05) is 5.75 Å². The summed E-state index contributed by atoms with van der Waals surface area (Å²) in [7, 11) is 0. The predicted molar refractivity (Wildman–Crippen MR) is 131 cm³/mol. The van der Waals surface area contributed by atoms with Crippen LogP contribution < -0.4 is 0 Å². The summed E-state index contributed by atoms with van der Waals surface area (Å²) in [6.45, 7) is 6.55. The summed E-state index contributed by atoms with van der Waals surface area (Å²) >= 11 is 1.83. The molecule has 3 heteroatoms. The first-order valence-electron chi connectivity index (χ1n) is 11.3. The van der Waals surface area contributed by atoms with E-state index in [2.05, 4.69) is 13.8 Å². The van der Waals surface area contributed by atoms with Crippen LogP contribution in [0.25, 0.3) is 22.3 Å². The largest absolute Gasteiger partial charge is 0.203 e. The zero-order valence-corrected chi connectivity index (χ0v) is 19.6. The molecule has 3 aromatic rings. The zero-order chi connectivity index (χ0) is 22.2. The molecule has 1 unspecified atom stereocenters. The van der Waals surface area contributed by atoms with Crippen molar-refractivity contribution in [3.05, 3.63) is 77.9 Å². The SMILES string of the molecule is CCCC(C)CCCCSc1ccc(-c2ccc(-c3ccc(C)cc3)c(F)c2F)cc1. The summed E-state index contributed by atoms with van der Waals surface area (Å²) in [6, 6.07) is 18.6. The van der Waals surface area contributed by atoms with E-state index in [-0.39, 0.29) is 0 Å². The molecule has 0 bridgehead atoms. The number of rotatable bonds is 10. The average Bonchev–Trinajstić information content (AvgIpc) is 2.77. The molecule has 0 N–H and O–H groups in total. The number of hydrogen-bond acceptors (Lipinski definition) is 1. The number of aryl methyl sites for hydroxylation is 1. The van der Waals surface area contributed by atoms with Gasteiger partial charge in [-0.25, -0.2) is 8.78 Å². The maximum absolute atomic E-state index is 14.8. The van der Waals surface area contributed by atoms with Gasteiger partial charge in [0, 0.05) is 16.0 Å². The topological polar surface area (TPSA) is 0 Å². The van der Waals surface area contributed by atoms with Crippen molar-refractivity contribution in [3.63, 3.8) is 0 Å². The fourth-order valence-corrected chi connectivity index (χ4v) is 4.79. The molecule has 0 saturated heterocycles. The highest BCUT2D eigenvalue weighted by molar-refractivity contribution is 7.99. The number of halogens is 2. The van der Waals surface area contributed by atoms with Gasteiger partial charge >= 0.3 is 0 Å². The van der Waals surface area contributed by atoms with Gasteiger partial charge in [0.1, 0.15) is 0 Å². The van der Waals surface area contributed by atoms with Gasteiger partial charge in [-0.3, -0.25) is 0 Å². The summed E-state index contributed by atoms with van der Waals surface area (Å²) in [5.41, 5.74) is 3.07. The van der Waals surface area contributed by atoms with Crippen LogP contribution in [-0.2, 0) is 0 Å². The van der Waals surface area contributed by atoms with E-state index in [1.807, 2.05) is 67.2 Å². The Kier molecular flexibility index (Phi) is 8.71.